The van der Waals surface area contributed by atoms with Crippen molar-refractivity contribution in [2.45, 2.75) is 79.6 Å². The van der Waals surface area contributed by atoms with Crippen molar-refractivity contribution in [2.75, 3.05) is 36.4 Å². The van der Waals surface area contributed by atoms with Crippen LogP contribution in [0.25, 0.3) is 0 Å². The highest BCUT2D eigenvalue weighted by atomic mass is 16.2. The summed E-state index contributed by atoms with van der Waals surface area (Å²) in [6.07, 6.45) is 6.75. The molecule has 0 aliphatic carbocycles. The molecule has 1 aliphatic heterocycles. The van der Waals surface area contributed by atoms with Crippen LogP contribution in [0.2, 0.25) is 0 Å². The fourth-order valence-corrected chi connectivity index (χ4v) is 4.45. The average molecular weight is 430 g/mol. The van der Waals surface area contributed by atoms with E-state index in [1.54, 1.807) is 0 Å². The zero-order valence-electron chi connectivity index (χ0n) is 20.4. The third-order valence-corrected chi connectivity index (χ3v) is 5.89. The quantitative estimate of drug-likeness (QED) is 0.485. The molecule has 5 nitrogen and oxygen atoms in total. The number of hydrogen-bond acceptors (Lipinski definition) is 3. The van der Waals surface area contributed by atoms with E-state index in [-0.39, 0.29) is 17.2 Å². The molecule has 31 heavy (non-hydrogen) atoms. The van der Waals surface area contributed by atoms with Crippen LogP contribution in [0.5, 0.6) is 0 Å². The molecule has 0 unspecified atom stereocenters. The average Bonchev–Trinajstić information content (AvgIpc) is 2.70. The lowest BCUT2D eigenvalue weighted by atomic mass is 9.84. The minimum absolute atomic E-state index is 0.0941. The van der Waals surface area contributed by atoms with Crippen LogP contribution in [0.3, 0.4) is 0 Å². The molecule has 1 atom stereocenters. The summed E-state index contributed by atoms with van der Waals surface area (Å²) >= 11 is 0. The van der Waals surface area contributed by atoms with E-state index in [4.69, 9.17) is 0 Å². The maximum Gasteiger partial charge on any atom is 0.224 e. The van der Waals surface area contributed by atoms with Gasteiger partial charge in [0.15, 0.2) is 0 Å². The Bertz CT molecular complexity index is 686. The number of rotatable bonds is 10. The highest BCUT2D eigenvalue weighted by Gasteiger charge is 2.24. The number of carbonyl (C=O) groups excluding carboxylic acids is 2. The largest absolute Gasteiger partial charge is 0.368 e. The lowest BCUT2D eigenvalue weighted by Crippen LogP contribution is -2.49. The van der Waals surface area contributed by atoms with Crippen LogP contribution in [0.4, 0.5) is 11.4 Å². The van der Waals surface area contributed by atoms with Gasteiger partial charge in [-0.3, -0.25) is 9.59 Å². The molecule has 1 aromatic rings. The molecule has 1 aromatic carbocycles. The Labute approximate surface area is 189 Å². The summed E-state index contributed by atoms with van der Waals surface area (Å²) in [5.74, 6) is 0.796. The molecule has 1 fully saturated rings. The Balaban J connectivity index is 1.76. The fraction of sp³-hybridized carbons (Fsp3) is 0.692. The second-order valence-electron chi connectivity index (χ2n) is 10.3. The van der Waals surface area contributed by atoms with Crippen LogP contribution in [0.1, 0.15) is 79.6 Å². The van der Waals surface area contributed by atoms with Crippen molar-refractivity contribution in [3.63, 3.8) is 0 Å². The van der Waals surface area contributed by atoms with E-state index in [9.17, 15) is 9.59 Å². The summed E-state index contributed by atoms with van der Waals surface area (Å²) in [7, 11) is 0. The Morgan fingerprint density at radius 1 is 1.00 bits per heavy atom. The number of unbranched alkanes of at least 4 members (excludes halogenated alkanes) is 3. The molecular formula is C26H43N3O2. The first-order valence-corrected chi connectivity index (χ1v) is 12.1. The van der Waals surface area contributed by atoms with E-state index in [0.29, 0.717) is 18.8 Å². The monoisotopic (exact) mass is 429 g/mol. The lowest BCUT2D eigenvalue weighted by Gasteiger charge is -2.37. The summed E-state index contributed by atoms with van der Waals surface area (Å²) < 4.78 is 0. The maximum atomic E-state index is 12.7. The molecule has 1 heterocycles. The smallest absolute Gasteiger partial charge is 0.224 e. The van der Waals surface area contributed by atoms with Gasteiger partial charge in [0.1, 0.15) is 0 Å². The predicted octanol–water partition coefficient (Wildman–Crippen LogP) is 5.71. The minimum Gasteiger partial charge on any atom is -0.368 e. The van der Waals surface area contributed by atoms with Crippen LogP contribution in [0.15, 0.2) is 24.3 Å². The SMILES string of the molecule is CCCCCCC(=O)Nc1ccc(N2CCN(C(=O)C[C@H](C)CC(C)(C)C)CC2)cc1. The van der Waals surface area contributed by atoms with Crippen LogP contribution in [-0.2, 0) is 9.59 Å². The topological polar surface area (TPSA) is 52.7 Å². The summed E-state index contributed by atoms with van der Waals surface area (Å²) in [6, 6.07) is 8.08. The third-order valence-electron chi connectivity index (χ3n) is 5.89. The molecule has 0 spiro atoms. The maximum absolute atomic E-state index is 12.7. The zero-order chi connectivity index (χ0) is 22.9. The van der Waals surface area contributed by atoms with E-state index < -0.39 is 0 Å². The second kappa shape index (κ2) is 12.1. The third kappa shape index (κ3) is 9.32. The van der Waals surface area contributed by atoms with Crippen LogP contribution < -0.4 is 10.2 Å². The Morgan fingerprint density at radius 2 is 1.65 bits per heavy atom. The molecule has 174 valence electrons. The van der Waals surface area contributed by atoms with Crippen molar-refractivity contribution in [3.05, 3.63) is 24.3 Å². The number of anilines is 2. The van der Waals surface area contributed by atoms with Crippen LogP contribution >= 0.6 is 0 Å². The van der Waals surface area contributed by atoms with Crippen molar-refractivity contribution in [3.8, 4) is 0 Å². The van der Waals surface area contributed by atoms with Gasteiger partial charge in [0.25, 0.3) is 0 Å². The number of nitrogens with one attached hydrogen (secondary N) is 1. The van der Waals surface area contributed by atoms with E-state index in [2.05, 4.69) is 57.0 Å². The summed E-state index contributed by atoms with van der Waals surface area (Å²) in [5, 5.41) is 2.99. The number of benzene rings is 1. The first-order chi connectivity index (χ1) is 14.7. The first kappa shape index (κ1) is 25.2. The number of nitrogens with zero attached hydrogens (tertiary/aromatic N) is 2. The van der Waals surface area contributed by atoms with Crippen molar-refractivity contribution in [2.24, 2.45) is 11.3 Å². The second-order valence-corrected chi connectivity index (χ2v) is 10.3. The highest BCUT2D eigenvalue weighted by Crippen LogP contribution is 2.27. The van der Waals surface area contributed by atoms with Gasteiger partial charge in [0, 0.05) is 50.4 Å². The summed E-state index contributed by atoms with van der Waals surface area (Å²) in [4.78, 5) is 29.1. The van der Waals surface area contributed by atoms with Gasteiger partial charge < -0.3 is 15.1 Å². The zero-order valence-corrected chi connectivity index (χ0v) is 20.4. The fourth-order valence-electron chi connectivity index (χ4n) is 4.45. The first-order valence-electron chi connectivity index (χ1n) is 12.1. The van der Waals surface area contributed by atoms with Gasteiger partial charge in [-0.25, -0.2) is 0 Å². The molecule has 2 rings (SSSR count). The van der Waals surface area contributed by atoms with Crippen molar-refractivity contribution in [1.82, 2.24) is 4.90 Å². The predicted molar refractivity (Wildman–Crippen MR) is 130 cm³/mol. The van der Waals surface area contributed by atoms with Gasteiger partial charge in [0.05, 0.1) is 0 Å². The minimum atomic E-state index is 0.0941. The molecule has 1 aliphatic rings. The van der Waals surface area contributed by atoms with E-state index >= 15 is 0 Å². The van der Waals surface area contributed by atoms with Crippen molar-refractivity contribution < 1.29 is 9.59 Å². The van der Waals surface area contributed by atoms with Crippen molar-refractivity contribution in [1.29, 1.82) is 0 Å². The normalized spacial score (nSPS) is 15.6. The number of amides is 2. The van der Waals surface area contributed by atoms with Gasteiger partial charge in [-0.05, 0) is 48.4 Å². The van der Waals surface area contributed by atoms with Gasteiger partial charge in [-0.1, -0.05) is 53.9 Å². The molecule has 0 radical (unpaired) electrons. The highest BCUT2D eigenvalue weighted by molar-refractivity contribution is 5.90. The van der Waals surface area contributed by atoms with Gasteiger partial charge in [0.2, 0.25) is 11.8 Å². The van der Waals surface area contributed by atoms with Gasteiger partial charge in [-0.2, -0.15) is 0 Å². The molecule has 1 saturated heterocycles. The number of hydrogen-bond donors (Lipinski definition) is 1. The number of carbonyl (C=O) groups is 2. The molecule has 1 N–H and O–H groups in total. The van der Waals surface area contributed by atoms with Gasteiger partial charge >= 0.3 is 0 Å². The van der Waals surface area contributed by atoms with Crippen LogP contribution in [-0.4, -0.2) is 42.9 Å². The summed E-state index contributed by atoms with van der Waals surface area (Å²) in [6.45, 7) is 14.3. The van der Waals surface area contributed by atoms with E-state index in [1.807, 2.05) is 17.0 Å². The number of piperazine rings is 1. The Hall–Kier alpha value is -2.04. The Kier molecular flexibility index (Phi) is 9.86. The van der Waals surface area contributed by atoms with E-state index in [1.165, 1.54) is 12.8 Å². The standard InChI is InChI=1S/C26H43N3O2/c1-6-7-8-9-10-24(30)27-22-11-13-23(14-12-22)28-15-17-29(18-16-28)25(31)19-21(2)20-26(3,4)5/h11-14,21H,6-10,15-20H2,1-5H3,(H,27,30)/t21-/m0/s1. The van der Waals surface area contributed by atoms with E-state index in [0.717, 1.165) is 56.8 Å². The van der Waals surface area contributed by atoms with Crippen molar-refractivity contribution >= 4 is 23.2 Å². The van der Waals surface area contributed by atoms with Crippen LogP contribution in [0, 0.1) is 11.3 Å². The molecular weight excluding hydrogens is 386 g/mol. The molecule has 0 bridgehead atoms. The Morgan fingerprint density at radius 3 is 2.23 bits per heavy atom. The molecule has 5 heteroatoms. The van der Waals surface area contributed by atoms with Gasteiger partial charge in [-0.15, -0.1) is 0 Å². The lowest BCUT2D eigenvalue weighted by molar-refractivity contribution is -0.132. The molecule has 0 saturated carbocycles. The molecule has 0 aromatic heterocycles. The molecule has 2 amide bonds. The summed E-state index contributed by atoms with van der Waals surface area (Å²) in [5.41, 5.74) is 2.26.